The van der Waals surface area contributed by atoms with Gasteiger partial charge >= 0.3 is 0 Å². The van der Waals surface area contributed by atoms with Crippen LogP contribution in [0.1, 0.15) is 45.7 Å². The Morgan fingerprint density at radius 3 is 2.83 bits per heavy atom. The maximum Gasteiger partial charge on any atom is 0.214 e. The molecule has 1 N–H and O–H groups in total. The van der Waals surface area contributed by atoms with Gasteiger partial charge in [-0.15, -0.1) is 5.10 Å². The Hall–Kier alpha value is -1.10. The maximum atomic E-state index is 4.64. The fourth-order valence-electron chi connectivity index (χ4n) is 1.92. The van der Waals surface area contributed by atoms with Gasteiger partial charge in [-0.2, -0.15) is 0 Å². The van der Waals surface area contributed by atoms with Crippen LogP contribution in [0.2, 0.25) is 0 Å². The molecule has 3 rings (SSSR count). The van der Waals surface area contributed by atoms with E-state index < -0.39 is 0 Å². The predicted octanol–water partition coefficient (Wildman–Crippen LogP) is 3.30. The van der Waals surface area contributed by atoms with Gasteiger partial charge in [-0.1, -0.05) is 44.9 Å². The van der Waals surface area contributed by atoms with Crippen LogP contribution in [0.15, 0.2) is 6.20 Å². The van der Waals surface area contributed by atoms with Crippen molar-refractivity contribution in [2.24, 2.45) is 5.92 Å². The first-order valence-corrected chi connectivity index (χ1v) is 7.44. The lowest BCUT2D eigenvalue weighted by atomic mass is 9.93. The van der Waals surface area contributed by atoms with Crippen molar-refractivity contribution in [3.63, 3.8) is 0 Å². The van der Waals surface area contributed by atoms with Crippen molar-refractivity contribution >= 4 is 21.4 Å². The number of nitrogens with zero attached hydrogens (tertiary/aromatic N) is 3. The molecule has 2 aromatic rings. The van der Waals surface area contributed by atoms with Gasteiger partial charge in [0, 0.05) is 12.0 Å². The first kappa shape index (κ1) is 12.0. The normalized spacial score (nSPS) is 16.4. The summed E-state index contributed by atoms with van der Waals surface area (Å²) in [5.74, 6) is 0.967. The second-order valence-electron chi connectivity index (χ2n) is 6.17. The number of aromatic nitrogens is 3. The molecule has 0 bridgehead atoms. The Morgan fingerprint density at radius 1 is 1.44 bits per heavy atom. The first-order chi connectivity index (χ1) is 8.52. The van der Waals surface area contributed by atoms with Crippen molar-refractivity contribution in [1.82, 2.24) is 14.6 Å². The van der Waals surface area contributed by atoms with Crippen molar-refractivity contribution in [3.8, 4) is 0 Å². The molecule has 1 aliphatic carbocycles. The predicted molar refractivity (Wildman–Crippen MR) is 75.4 cm³/mol. The third-order valence-electron chi connectivity index (χ3n) is 3.34. The molecule has 18 heavy (non-hydrogen) atoms. The van der Waals surface area contributed by atoms with Gasteiger partial charge in [-0.05, 0) is 12.3 Å². The Kier molecular flexibility index (Phi) is 2.81. The molecule has 5 heteroatoms. The molecule has 2 aromatic heterocycles. The van der Waals surface area contributed by atoms with Crippen molar-refractivity contribution in [2.45, 2.75) is 45.4 Å². The second kappa shape index (κ2) is 4.23. The smallest absolute Gasteiger partial charge is 0.214 e. The summed E-state index contributed by atoms with van der Waals surface area (Å²) in [6, 6.07) is 0. The van der Waals surface area contributed by atoms with E-state index in [1.54, 1.807) is 11.3 Å². The van der Waals surface area contributed by atoms with E-state index in [0.29, 0.717) is 0 Å². The van der Waals surface area contributed by atoms with Crippen molar-refractivity contribution < 1.29 is 0 Å². The van der Waals surface area contributed by atoms with Crippen LogP contribution in [0.3, 0.4) is 0 Å². The molecule has 2 heterocycles. The molecule has 0 aromatic carbocycles. The minimum absolute atomic E-state index is 0.0903. The number of hydrogen-bond donors (Lipinski definition) is 1. The molecule has 0 radical (unpaired) electrons. The number of fused-ring (bicyclic) bond motifs is 1. The lowest BCUT2D eigenvalue weighted by Gasteiger charge is -2.13. The lowest BCUT2D eigenvalue weighted by molar-refractivity contribution is 0.572. The summed E-state index contributed by atoms with van der Waals surface area (Å²) in [5, 5.41) is 8.91. The zero-order chi connectivity index (χ0) is 12.8. The highest BCUT2D eigenvalue weighted by atomic mass is 32.1. The SMILES string of the molecule is CC(C)(C)c1cn2nc(NCCC3CC3)sc2n1. The van der Waals surface area contributed by atoms with Crippen LogP contribution < -0.4 is 5.32 Å². The number of imidazole rings is 1. The van der Waals surface area contributed by atoms with E-state index in [1.807, 2.05) is 10.7 Å². The molecule has 1 fully saturated rings. The molecule has 0 spiro atoms. The molecule has 0 aliphatic heterocycles. The van der Waals surface area contributed by atoms with Crippen LogP contribution in [0.25, 0.3) is 4.96 Å². The third-order valence-corrected chi connectivity index (χ3v) is 4.22. The van der Waals surface area contributed by atoms with Gasteiger partial charge in [0.2, 0.25) is 10.1 Å². The van der Waals surface area contributed by atoms with Crippen LogP contribution in [-0.2, 0) is 5.41 Å². The van der Waals surface area contributed by atoms with E-state index in [9.17, 15) is 0 Å². The van der Waals surface area contributed by atoms with Gasteiger partial charge in [0.1, 0.15) is 0 Å². The van der Waals surface area contributed by atoms with Gasteiger partial charge in [0.05, 0.1) is 11.9 Å². The van der Waals surface area contributed by atoms with Gasteiger partial charge in [-0.25, -0.2) is 9.50 Å². The van der Waals surface area contributed by atoms with Gasteiger partial charge < -0.3 is 5.32 Å². The monoisotopic (exact) mass is 264 g/mol. The van der Waals surface area contributed by atoms with Crippen LogP contribution >= 0.6 is 11.3 Å². The average molecular weight is 264 g/mol. The third kappa shape index (κ3) is 2.51. The number of hydrogen-bond acceptors (Lipinski definition) is 4. The van der Waals surface area contributed by atoms with Crippen molar-refractivity contribution in [2.75, 3.05) is 11.9 Å². The number of rotatable bonds is 4. The Balaban J connectivity index is 1.69. The maximum absolute atomic E-state index is 4.64. The summed E-state index contributed by atoms with van der Waals surface area (Å²) in [7, 11) is 0. The molecule has 0 unspecified atom stereocenters. The van der Waals surface area contributed by atoms with E-state index in [1.165, 1.54) is 19.3 Å². The second-order valence-corrected chi connectivity index (χ2v) is 7.13. The van der Waals surface area contributed by atoms with Gasteiger partial charge in [0.25, 0.3) is 0 Å². The highest BCUT2D eigenvalue weighted by Gasteiger charge is 2.21. The Labute approximate surface area is 111 Å². The van der Waals surface area contributed by atoms with E-state index in [-0.39, 0.29) is 5.41 Å². The summed E-state index contributed by atoms with van der Waals surface area (Å²) in [6.07, 6.45) is 6.14. The summed E-state index contributed by atoms with van der Waals surface area (Å²) in [6.45, 7) is 7.56. The lowest BCUT2D eigenvalue weighted by Crippen LogP contribution is -2.11. The molecule has 0 atom stereocenters. The quantitative estimate of drug-likeness (QED) is 0.921. The zero-order valence-corrected chi connectivity index (χ0v) is 12.0. The molecule has 1 aliphatic rings. The topological polar surface area (TPSA) is 42.2 Å². The molecular weight excluding hydrogens is 244 g/mol. The van der Waals surface area contributed by atoms with Crippen LogP contribution in [0, 0.1) is 5.92 Å². The summed E-state index contributed by atoms with van der Waals surface area (Å²) < 4.78 is 1.89. The number of anilines is 1. The zero-order valence-electron chi connectivity index (χ0n) is 11.2. The van der Waals surface area contributed by atoms with E-state index in [2.05, 4.69) is 36.2 Å². The van der Waals surface area contributed by atoms with E-state index >= 15 is 0 Å². The Bertz CT molecular complexity index is 513. The molecule has 0 saturated heterocycles. The Morgan fingerprint density at radius 2 is 2.22 bits per heavy atom. The van der Waals surface area contributed by atoms with E-state index in [0.717, 1.165) is 28.2 Å². The van der Waals surface area contributed by atoms with Crippen LogP contribution in [0.4, 0.5) is 5.13 Å². The summed E-state index contributed by atoms with van der Waals surface area (Å²) in [5.41, 5.74) is 1.19. The molecule has 98 valence electrons. The highest BCUT2D eigenvalue weighted by molar-refractivity contribution is 7.20. The van der Waals surface area contributed by atoms with E-state index in [4.69, 9.17) is 0 Å². The molecule has 0 amide bonds. The van der Waals surface area contributed by atoms with Crippen molar-refractivity contribution in [1.29, 1.82) is 0 Å². The standard InChI is InChI=1S/C13H20N4S/c1-13(2,3)10-8-17-12(15-10)18-11(16-17)14-7-6-9-4-5-9/h8-9H,4-7H2,1-3H3,(H,14,16). The average Bonchev–Trinajstić information content (AvgIpc) is 2.84. The van der Waals surface area contributed by atoms with Crippen LogP contribution in [0.5, 0.6) is 0 Å². The minimum Gasteiger partial charge on any atom is -0.360 e. The minimum atomic E-state index is 0.0903. The first-order valence-electron chi connectivity index (χ1n) is 6.63. The molecule has 1 saturated carbocycles. The summed E-state index contributed by atoms with van der Waals surface area (Å²) in [4.78, 5) is 5.62. The van der Waals surface area contributed by atoms with Gasteiger partial charge in [0.15, 0.2) is 0 Å². The summed E-state index contributed by atoms with van der Waals surface area (Å²) >= 11 is 1.64. The molecular formula is C13H20N4S. The van der Waals surface area contributed by atoms with Crippen molar-refractivity contribution in [3.05, 3.63) is 11.9 Å². The highest BCUT2D eigenvalue weighted by Crippen LogP contribution is 2.32. The largest absolute Gasteiger partial charge is 0.360 e. The fraction of sp³-hybridized carbons (Fsp3) is 0.692. The number of nitrogens with one attached hydrogen (secondary N) is 1. The van der Waals surface area contributed by atoms with Gasteiger partial charge in [-0.3, -0.25) is 0 Å². The van der Waals surface area contributed by atoms with Crippen LogP contribution in [-0.4, -0.2) is 21.1 Å². The molecule has 4 nitrogen and oxygen atoms in total. The fourth-order valence-corrected chi connectivity index (χ4v) is 2.73.